The number of hydrogen-bond donors (Lipinski definition) is 2. The maximum absolute atomic E-state index is 12.6. The minimum Gasteiger partial charge on any atom is -0.456 e. The Labute approximate surface area is 181 Å². The molecule has 0 heterocycles. The van der Waals surface area contributed by atoms with Crippen LogP contribution in [0.2, 0.25) is 0 Å². The summed E-state index contributed by atoms with van der Waals surface area (Å²) < 4.78 is 5.11. The summed E-state index contributed by atoms with van der Waals surface area (Å²) in [5, 5.41) is 5.42. The summed E-state index contributed by atoms with van der Waals surface area (Å²) in [6.07, 6.45) is 0.174. The molecule has 2 N–H and O–H groups in total. The molecule has 0 saturated heterocycles. The van der Waals surface area contributed by atoms with Crippen LogP contribution in [0.15, 0.2) is 84.9 Å². The van der Waals surface area contributed by atoms with Crippen molar-refractivity contribution in [3.8, 4) is 0 Å². The van der Waals surface area contributed by atoms with E-state index in [9.17, 15) is 14.4 Å². The first-order valence-corrected chi connectivity index (χ1v) is 9.99. The molecule has 0 spiro atoms. The van der Waals surface area contributed by atoms with Crippen LogP contribution in [0, 0.1) is 0 Å². The molecule has 0 aromatic heterocycles. The van der Waals surface area contributed by atoms with Crippen LogP contribution >= 0.6 is 0 Å². The van der Waals surface area contributed by atoms with Crippen molar-refractivity contribution in [1.82, 2.24) is 0 Å². The van der Waals surface area contributed by atoms with Gasteiger partial charge in [-0.15, -0.1) is 0 Å². The van der Waals surface area contributed by atoms with E-state index in [-0.39, 0.29) is 18.2 Å². The van der Waals surface area contributed by atoms with Gasteiger partial charge < -0.3 is 15.4 Å². The summed E-state index contributed by atoms with van der Waals surface area (Å²) in [4.78, 5) is 37.0. The average molecular weight is 416 g/mol. The molecule has 2 amide bonds. The summed E-state index contributed by atoms with van der Waals surface area (Å²) in [6.45, 7) is 1.51. The van der Waals surface area contributed by atoms with Crippen molar-refractivity contribution in [2.45, 2.75) is 19.3 Å². The second-order valence-corrected chi connectivity index (χ2v) is 7.09. The average Bonchev–Trinajstić information content (AvgIpc) is 2.79. The van der Waals surface area contributed by atoms with Crippen molar-refractivity contribution in [3.05, 3.63) is 96.1 Å². The molecule has 0 saturated carbocycles. The minimum atomic E-state index is -0.513. The molecular weight excluding hydrogens is 392 g/mol. The predicted octanol–water partition coefficient (Wildman–Crippen LogP) is 4.61. The highest BCUT2D eigenvalue weighted by molar-refractivity contribution is 6.10. The highest BCUT2D eigenvalue weighted by Crippen LogP contribution is 2.19. The van der Waals surface area contributed by atoms with Gasteiger partial charge in [-0.1, -0.05) is 67.6 Å². The Morgan fingerprint density at radius 3 is 2.13 bits per heavy atom. The van der Waals surface area contributed by atoms with Crippen LogP contribution in [0.25, 0.3) is 0 Å². The molecule has 0 bridgehead atoms. The molecule has 0 aliphatic carbocycles. The Morgan fingerprint density at radius 1 is 0.806 bits per heavy atom. The quantitative estimate of drug-likeness (QED) is 0.525. The lowest BCUT2D eigenvalue weighted by Crippen LogP contribution is -2.23. The number of esters is 1. The number of ether oxygens (including phenoxy) is 1. The van der Waals surface area contributed by atoms with Gasteiger partial charge in [0.2, 0.25) is 0 Å². The Morgan fingerprint density at radius 2 is 1.42 bits per heavy atom. The lowest BCUT2D eigenvalue weighted by molar-refractivity contribution is -0.147. The van der Waals surface area contributed by atoms with Crippen molar-refractivity contribution in [1.29, 1.82) is 0 Å². The normalized spacial score (nSPS) is 11.3. The number of para-hydroxylation sites is 2. The zero-order valence-electron chi connectivity index (χ0n) is 17.2. The van der Waals surface area contributed by atoms with Gasteiger partial charge in [0.1, 0.15) is 0 Å². The lowest BCUT2D eigenvalue weighted by atomic mass is 9.98. The van der Waals surface area contributed by atoms with Crippen LogP contribution in [-0.2, 0) is 14.3 Å². The summed E-state index contributed by atoms with van der Waals surface area (Å²) in [6, 6.07) is 25.3. The fourth-order valence-corrected chi connectivity index (χ4v) is 3.05. The number of carbonyl (C=O) groups excluding carboxylic acids is 3. The number of benzene rings is 3. The second-order valence-electron chi connectivity index (χ2n) is 7.09. The van der Waals surface area contributed by atoms with Gasteiger partial charge in [-0.2, -0.15) is 0 Å². The van der Waals surface area contributed by atoms with E-state index in [1.807, 2.05) is 55.5 Å². The van der Waals surface area contributed by atoms with Crippen LogP contribution in [0.5, 0.6) is 0 Å². The highest BCUT2D eigenvalue weighted by atomic mass is 16.5. The molecule has 3 aromatic rings. The molecule has 0 fully saturated rings. The van der Waals surface area contributed by atoms with Gasteiger partial charge in [-0.3, -0.25) is 14.4 Å². The Kier molecular flexibility index (Phi) is 7.54. The van der Waals surface area contributed by atoms with Gasteiger partial charge in [-0.05, 0) is 35.7 Å². The molecule has 1 atom stereocenters. The number of carbonyl (C=O) groups is 3. The number of nitrogens with one attached hydrogen (secondary N) is 2. The number of anilines is 2. The summed E-state index contributed by atoms with van der Waals surface area (Å²) in [5.41, 5.74) is 2.33. The maximum atomic E-state index is 12.6. The van der Waals surface area contributed by atoms with Gasteiger partial charge in [0.15, 0.2) is 6.61 Å². The summed E-state index contributed by atoms with van der Waals surface area (Å²) >= 11 is 0. The molecule has 31 heavy (non-hydrogen) atoms. The van der Waals surface area contributed by atoms with Crippen LogP contribution in [-0.4, -0.2) is 24.4 Å². The van der Waals surface area contributed by atoms with E-state index < -0.39 is 18.5 Å². The molecule has 3 rings (SSSR count). The van der Waals surface area contributed by atoms with E-state index in [1.54, 1.807) is 36.4 Å². The third-order valence-electron chi connectivity index (χ3n) is 4.68. The van der Waals surface area contributed by atoms with Crippen molar-refractivity contribution in [3.63, 3.8) is 0 Å². The van der Waals surface area contributed by atoms with E-state index in [4.69, 9.17) is 4.74 Å². The first kappa shape index (κ1) is 21.8. The topological polar surface area (TPSA) is 84.5 Å². The monoisotopic (exact) mass is 416 g/mol. The molecular formula is C25H24N2O4. The zero-order chi connectivity index (χ0) is 22.1. The Balaban J connectivity index is 1.53. The zero-order valence-corrected chi connectivity index (χ0v) is 17.2. The summed E-state index contributed by atoms with van der Waals surface area (Å²) in [7, 11) is 0. The van der Waals surface area contributed by atoms with Gasteiger partial charge in [0, 0.05) is 5.69 Å². The molecule has 6 nitrogen and oxygen atoms in total. The number of rotatable bonds is 8. The molecule has 3 aromatic carbocycles. The molecule has 0 radical (unpaired) electrons. The van der Waals surface area contributed by atoms with E-state index in [1.165, 1.54) is 0 Å². The van der Waals surface area contributed by atoms with E-state index in [2.05, 4.69) is 10.6 Å². The molecule has 0 aliphatic heterocycles. The van der Waals surface area contributed by atoms with Crippen LogP contribution < -0.4 is 10.6 Å². The van der Waals surface area contributed by atoms with E-state index >= 15 is 0 Å². The molecule has 158 valence electrons. The van der Waals surface area contributed by atoms with Crippen molar-refractivity contribution in [2.75, 3.05) is 17.2 Å². The number of hydrogen-bond acceptors (Lipinski definition) is 4. The standard InChI is InChI=1S/C25H24N2O4/c1-18(19-10-4-2-5-11-19)16-24(29)31-17-23(28)27-22-15-9-8-14-21(22)25(30)26-20-12-6-3-7-13-20/h2-15,18H,16-17H2,1H3,(H,26,30)(H,27,28)/t18-/m1/s1. The van der Waals surface area contributed by atoms with Crippen molar-refractivity contribution in [2.24, 2.45) is 0 Å². The van der Waals surface area contributed by atoms with E-state index in [0.29, 0.717) is 16.9 Å². The SMILES string of the molecule is C[C@H](CC(=O)OCC(=O)Nc1ccccc1C(=O)Nc1ccccc1)c1ccccc1. The third kappa shape index (κ3) is 6.54. The van der Waals surface area contributed by atoms with Gasteiger partial charge >= 0.3 is 5.97 Å². The molecule has 6 heteroatoms. The maximum Gasteiger partial charge on any atom is 0.306 e. The lowest BCUT2D eigenvalue weighted by Gasteiger charge is -2.13. The Bertz CT molecular complexity index is 1040. The highest BCUT2D eigenvalue weighted by Gasteiger charge is 2.16. The Hall–Kier alpha value is -3.93. The molecule has 0 aliphatic rings. The summed E-state index contributed by atoms with van der Waals surface area (Å²) in [5.74, 6) is -1.34. The van der Waals surface area contributed by atoms with Gasteiger partial charge in [0.25, 0.3) is 11.8 Å². The molecule has 0 unspecified atom stereocenters. The minimum absolute atomic E-state index is 0.0147. The fourth-order valence-electron chi connectivity index (χ4n) is 3.05. The first-order chi connectivity index (χ1) is 15.0. The third-order valence-corrected chi connectivity index (χ3v) is 4.68. The van der Waals surface area contributed by atoms with Gasteiger partial charge in [-0.25, -0.2) is 0 Å². The predicted molar refractivity (Wildman–Crippen MR) is 120 cm³/mol. The number of amides is 2. The van der Waals surface area contributed by atoms with Crippen molar-refractivity contribution >= 4 is 29.2 Å². The second kappa shape index (κ2) is 10.7. The smallest absolute Gasteiger partial charge is 0.306 e. The van der Waals surface area contributed by atoms with Crippen LogP contribution in [0.3, 0.4) is 0 Å². The van der Waals surface area contributed by atoms with Crippen LogP contribution in [0.1, 0.15) is 35.2 Å². The van der Waals surface area contributed by atoms with Crippen LogP contribution in [0.4, 0.5) is 11.4 Å². The van der Waals surface area contributed by atoms with Crippen molar-refractivity contribution < 1.29 is 19.1 Å². The van der Waals surface area contributed by atoms with E-state index in [0.717, 1.165) is 5.56 Å². The van der Waals surface area contributed by atoms with Gasteiger partial charge in [0.05, 0.1) is 17.7 Å². The largest absolute Gasteiger partial charge is 0.456 e. The fraction of sp³-hybridized carbons (Fsp3) is 0.160. The first-order valence-electron chi connectivity index (χ1n) is 9.99.